The molecule has 1 rings (SSSR count). The number of rotatable bonds is 3. The molecule has 0 aliphatic carbocycles. The van der Waals surface area contributed by atoms with Crippen LogP contribution in [0.4, 0.5) is 0 Å². The zero-order valence-corrected chi connectivity index (χ0v) is 8.90. The van der Waals surface area contributed by atoms with Crippen molar-refractivity contribution in [1.29, 1.82) is 0 Å². The highest BCUT2D eigenvalue weighted by molar-refractivity contribution is 8.00. The van der Waals surface area contributed by atoms with Gasteiger partial charge in [-0.2, -0.15) is 0 Å². The summed E-state index contributed by atoms with van der Waals surface area (Å²) in [7, 11) is 0. The van der Waals surface area contributed by atoms with E-state index in [9.17, 15) is 4.79 Å². The van der Waals surface area contributed by atoms with Crippen LogP contribution in [-0.4, -0.2) is 29.5 Å². The van der Waals surface area contributed by atoms with Gasteiger partial charge in [-0.15, -0.1) is 11.8 Å². The van der Waals surface area contributed by atoms with Crippen molar-refractivity contribution in [2.75, 3.05) is 12.3 Å². The van der Waals surface area contributed by atoms with Crippen molar-refractivity contribution < 1.29 is 4.79 Å². The van der Waals surface area contributed by atoms with Crippen molar-refractivity contribution in [2.45, 2.75) is 37.5 Å². The molecule has 0 aromatic rings. The normalized spacial score (nSPS) is 25.2. The van der Waals surface area contributed by atoms with E-state index in [4.69, 9.17) is 5.73 Å². The molecule has 1 fully saturated rings. The molecule has 1 aliphatic rings. The van der Waals surface area contributed by atoms with Gasteiger partial charge < -0.3 is 11.1 Å². The van der Waals surface area contributed by atoms with Crippen LogP contribution in [0.5, 0.6) is 0 Å². The summed E-state index contributed by atoms with van der Waals surface area (Å²) in [6.45, 7) is 2.49. The van der Waals surface area contributed by atoms with Gasteiger partial charge in [0.2, 0.25) is 5.91 Å². The number of amides is 1. The zero-order valence-electron chi connectivity index (χ0n) is 8.08. The number of carbonyl (C=O) groups is 1. The molecule has 3 nitrogen and oxygen atoms in total. The van der Waals surface area contributed by atoms with Crippen molar-refractivity contribution >= 4 is 17.7 Å². The summed E-state index contributed by atoms with van der Waals surface area (Å²) >= 11 is 1.77. The Bertz CT molecular complexity index is 167. The molecule has 76 valence electrons. The molecule has 1 saturated heterocycles. The highest BCUT2D eigenvalue weighted by atomic mass is 32.2. The van der Waals surface area contributed by atoms with Gasteiger partial charge in [-0.1, -0.05) is 6.42 Å². The number of hydrogen-bond donors (Lipinski definition) is 2. The molecule has 4 heteroatoms. The van der Waals surface area contributed by atoms with Crippen molar-refractivity contribution in [3.8, 4) is 0 Å². The number of hydrogen-bond acceptors (Lipinski definition) is 3. The van der Waals surface area contributed by atoms with Crippen LogP contribution in [0.1, 0.15) is 26.2 Å². The lowest BCUT2D eigenvalue weighted by Gasteiger charge is -2.20. The fraction of sp³-hybridized carbons (Fsp3) is 0.889. The van der Waals surface area contributed by atoms with Crippen LogP contribution < -0.4 is 11.1 Å². The van der Waals surface area contributed by atoms with E-state index in [1.165, 1.54) is 12.8 Å². The molecule has 1 amide bonds. The van der Waals surface area contributed by atoms with Gasteiger partial charge in [0.1, 0.15) is 0 Å². The smallest absolute Gasteiger partial charge is 0.233 e. The molecule has 0 bridgehead atoms. The summed E-state index contributed by atoms with van der Waals surface area (Å²) < 4.78 is 0. The first-order valence-electron chi connectivity index (χ1n) is 4.85. The Morgan fingerprint density at radius 1 is 1.69 bits per heavy atom. The van der Waals surface area contributed by atoms with E-state index in [0.29, 0.717) is 6.54 Å². The second kappa shape index (κ2) is 5.50. The van der Waals surface area contributed by atoms with Crippen LogP contribution in [-0.2, 0) is 4.79 Å². The van der Waals surface area contributed by atoms with Crippen LogP contribution in [0.2, 0.25) is 0 Å². The fourth-order valence-corrected chi connectivity index (χ4v) is 2.55. The molecule has 2 atom stereocenters. The molecule has 3 N–H and O–H groups in total. The summed E-state index contributed by atoms with van der Waals surface area (Å²) in [6.07, 6.45) is 3.46. The van der Waals surface area contributed by atoms with E-state index in [2.05, 4.69) is 5.32 Å². The molecule has 0 radical (unpaired) electrons. The fourth-order valence-electron chi connectivity index (χ4n) is 1.32. The van der Waals surface area contributed by atoms with E-state index in [1.807, 2.05) is 6.92 Å². The predicted octanol–water partition coefficient (Wildman–Crippen LogP) is 0.735. The van der Waals surface area contributed by atoms with Gasteiger partial charge in [0, 0.05) is 12.6 Å². The number of thioether (sulfide) groups is 1. The summed E-state index contributed by atoms with van der Waals surface area (Å²) in [6, 6.07) is 0.0533. The lowest BCUT2D eigenvalue weighted by Crippen LogP contribution is -2.40. The van der Waals surface area contributed by atoms with Gasteiger partial charge in [-0.3, -0.25) is 4.79 Å². The average Bonchev–Trinajstić information content (AvgIpc) is 2.15. The van der Waals surface area contributed by atoms with E-state index in [1.54, 1.807) is 11.8 Å². The molecule has 1 heterocycles. The van der Waals surface area contributed by atoms with Gasteiger partial charge >= 0.3 is 0 Å². The zero-order chi connectivity index (χ0) is 9.68. The number of nitrogens with one attached hydrogen (secondary N) is 1. The maximum absolute atomic E-state index is 11.5. The first-order valence-corrected chi connectivity index (χ1v) is 5.90. The van der Waals surface area contributed by atoms with Crippen molar-refractivity contribution in [3.63, 3.8) is 0 Å². The van der Waals surface area contributed by atoms with Crippen molar-refractivity contribution in [2.24, 2.45) is 5.73 Å². The Balaban J connectivity index is 2.21. The Hall–Kier alpha value is -0.220. The molecule has 0 spiro atoms. The van der Waals surface area contributed by atoms with E-state index < -0.39 is 0 Å². The highest BCUT2D eigenvalue weighted by Crippen LogP contribution is 2.24. The standard InChI is InChI=1S/C9H18N2OS/c1-7(10)6-11-9(12)8-4-2-3-5-13-8/h7-8H,2-6,10H2,1H3,(H,11,12). The molecule has 0 saturated carbocycles. The van der Waals surface area contributed by atoms with Gasteiger partial charge in [-0.25, -0.2) is 0 Å². The summed E-state index contributed by atoms with van der Waals surface area (Å²) in [5.74, 6) is 1.29. The lowest BCUT2D eigenvalue weighted by molar-refractivity contribution is -0.120. The van der Waals surface area contributed by atoms with Crippen LogP contribution in [0.3, 0.4) is 0 Å². The Morgan fingerprint density at radius 2 is 2.46 bits per heavy atom. The first kappa shape index (κ1) is 10.9. The van der Waals surface area contributed by atoms with Gasteiger partial charge in [-0.05, 0) is 25.5 Å². The molecule has 0 aromatic heterocycles. The van der Waals surface area contributed by atoms with E-state index in [0.717, 1.165) is 12.2 Å². The quantitative estimate of drug-likeness (QED) is 0.709. The van der Waals surface area contributed by atoms with Crippen LogP contribution >= 0.6 is 11.8 Å². The maximum atomic E-state index is 11.5. The molecule has 2 unspecified atom stereocenters. The number of carbonyl (C=O) groups excluding carboxylic acids is 1. The molecule has 13 heavy (non-hydrogen) atoms. The number of nitrogens with two attached hydrogens (primary N) is 1. The van der Waals surface area contributed by atoms with Gasteiger partial charge in [0.25, 0.3) is 0 Å². The molecular formula is C9H18N2OS. The monoisotopic (exact) mass is 202 g/mol. The largest absolute Gasteiger partial charge is 0.354 e. The van der Waals surface area contributed by atoms with Crippen molar-refractivity contribution in [1.82, 2.24) is 5.32 Å². The van der Waals surface area contributed by atoms with E-state index >= 15 is 0 Å². The third-order valence-corrected chi connectivity index (χ3v) is 3.45. The Kier molecular flexibility index (Phi) is 4.59. The van der Waals surface area contributed by atoms with Gasteiger partial charge in [0.05, 0.1) is 5.25 Å². The second-order valence-corrected chi connectivity index (χ2v) is 4.89. The Labute approximate surface area is 83.8 Å². The molecular weight excluding hydrogens is 184 g/mol. The van der Waals surface area contributed by atoms with Crippen LogP contribution in [0.25, 0.3) is 0 Å². The third-order valence-electron chi connectivity index (χ3n) is 2.07. The first-order chi connectivity index (χ1) is 6.20. The Morgan fingerprint density at radius 3 is 3.00 bits per heavy atom. The minimum atomic E-state index is 0.0533. The van der Waals surface area contributed by atoms with Crippen LogP contribution in [0, 0.1) is 0 Å². The lowest BCUT2D eigenvalue weighted by atomic mass is 10.2. The van der Waals surface area contributed by atoms with Crippen molar-refractivity contribution in [3.05, 3.63) is 0 Å². The molecule has 0 aromatic carbocycles. The predicted molar refractivity (Wildman–Crippen MR) is 56.8 cm³/mol. The second-order valence-electron chi connectivity index (χ2n) is 3.58. The summed E-state index contributed by atoms with van der Waals surface area (Å²) in [5, 5.41) is 3.04. The maximum Gasteiger partial charge on any atom is 0.233 e. The van der Waals surface area contributed by atoms with E-state index in [-0.39, 0.29) is 17.2 Å². The van der Waals surface area contributed by atoms with Gasteiger partial charge in [0.15, 0.2) is 0 Å². The SMILES string of the molecule is CC(N)CNC(=O)C1CCCCS1. The summed E-state index contributed by atoms with van der Waals surface area (Å²) in [4.78, 5) is 11.5. The summed E-state index contributed by atoms with van der Waals surface area (Å²) in [5.41, 5.74) is 5.55. The highest BCUT2D eigenvalue weighted by Gasteiger charge is 2.21. The minimum absolute atomic E-state index is 0.0533. The topological polar surface area (TPSA) is 55.1 Å². The third kappa shape index (κ3) is 4.00. The molecule has 1 aliphatic heterocycles. The average molecular weight is 202 g/mol. The minimum Gasteiger partial charge on any atom is -0.354 e. The van der Waals surface area contributed by atoms with Crippen LogP contribution in [0.15, 0.2) is 0 Å².